The number of rotatable bonds is 5. The predicted molar refractivity (Wildman–Crippen MR) is 83.4 cm³/mol. The Morgan fingerprint density at radius 1 is 1.24 bits per heavy atom. The highest BCUT2D eigenvalue weighted by atomic mass is 79.9. The number of ether oxygens (including phenoxy) is 1. The second kappa shape index (κ2) is 7.43. The molecule has 0 aliphatic heterocycles. The van der Waals surface area contributed by atoms with Crippen LogP contribution in [0.15, 0.2) is 46.9 Å². The van der Waals surface area contributed by atoms with Crippen molar-refractivity contribution in [2.24, 2.45) is 0 Å². The van der Waals surface area contributed by atoms with Gasteiger partial charge >= 0.3 is 0 Å². The van der Waals surface area contributed by atoms with Crippen molar-refractivity contribution in [3.63, 3.8) is 0 Å². The Morgan fingerprint density at radius 3 is 2.62 bits per heavy atom. The van der Waals surface area contributed by atoms with Gasteiger partial charge in [0.05, 0.1) is 12.1 Å². The summed E-state index contributed by atoms with van der Waals surface area (Å²) in [6.07, 6.45) is 0. The van der Waals surface area contributed by atoms with Crippen LogP contribution in [0.5, 0.6) is 5.75 Å². The molecule has 2 aromatic carbocycles. The Kier molecular flexibility index (Phi) is 5.59. The molecule has 0 fully saturated rings. The van der Waals surface area contributed by atoms with Gasteiger partial charge in [0, 0.05) is 9.50 Å². The Labute approximate surface area is 135 Å². The zero-order valence-corrected chi connectivity index (χ0v) is 13.2. The molecule has 0 aromatic heterocycles. The van der Waals surface area contributed by atoms with Crippen LogP contribution >= 0.6 is 27.5 Å². The van der Waals surface area contributed by atoms with Crippen molar-refractivity contribution in [1.29, 1.82) is 0 Å². The molecule has 0 radical (unpaired) electrons. The number of halogens is 3. The lowest BCUT2D eigenvalue weighted by atomic mass is 10.2. The van der Waals surface area contributed by atoms with Crippen molar-refractivity contribution < 1.29 is 13.9 Å². The summed E-state index contributed by atoms with van der Waals surface area (Å²) >= 11 is 8.90. The second-order valence-corrected chi connectivity index (χ2v) is 5.53. The number of amides is 1. The highest BCUT2D eigenvalue weighted by Crippen LogP contribution is 2.16. The molecule has 0 unspecified atom stereocenters. The molecule has 21 heavy (non-hydrogen) atoms. The van der Waals surface area contributed by atoms with E-state index >= 15 is 0 Å². The summed E-state index contributed by atoms with van der Waals surface area (Å²) < 4.78 is 19.6. The number of carbonyl (C=O) groups is 1. The molecule has 6 heteroatoms. The van der Waals surface area contributed by atoms with Gasteiger partial charge in [0.2, 0.25) is 0 Å². The highest BCUT2D eigenvalue weighted by molar-refractivity contribution is 9.10. The molecule has 0 aliphatic rings. The van der Waals surface area contributed by atoms with Gasteiger partial charge in [-0.15, -0.1) is 0 Å². The highest BCUT2D eigenvalue weighted by Gasteiger charge is 2.11. The normalized spacial score (nSPS) is 10.2. The lowest BCUT2D eigenvalue weighted by Crippen LogP contribution is -2.28. The maximum atomic E-state index is 13.6. The van der Waals surface area contributed by atoms with E-state index in [2.05, 4.69) is 21.2 Å². The first kappa shape index (κ1) is 15.8. The molecule has 0 heterocycles. The summed E-state index contributed by atoms with van der Waals surface area (Å²) in [5.74, 6) is -0.385. The minimum Gasteiger partial charge on any atom is -0.492 e. The van der Waals surface area contributed by atoms with Crippen LogP contribution in [0.1, 0.15) is 10.4 Å². The van der Waals surface area contributed by atoms with Crippen LogP contribution in [-0.2, 0) is 0 Å². The van der Waals surface area contributed by atoms with Crippen LogP contribution in [0, 0.1) is 5.82 Å². The van der Waals surface area contributed by atoms with Crippen LogP contribution in [0.25, 0.3) is 0 Å². The molecule has 110 valence electrons. The third-order valence-corrected chi connectivity index (χ3v) is 3.39. The largest absolute Gasteiger partial charge is 0.492 e. The Balaban J connectivity index is 1.80. The maximum absolute atomic E-state index is 13.6. The molecule has 0 saturated carbocycles. The molecule has 1 N–H and O–H groups in total. The van der Waals surface area contributed by atoms with E-state index in [1.54, 1.807) is 30.3 Å². The van der Waals surface area contributed by atoms with Crippen LogP contribution in [0.3, 0.4) is 0 Å². The third kappa shape index (κ3) is 4.72. The van der Waals surface area contributed by atoms with Crippen molar-refractivity contribution in [3.8, 4) is 5.75 Å². The van der Waals surface area contributed by atoms with E-state index in [1.165, 1.54) is 12.1 Å². The van der Waals surface area contributed by atoms with Gasteiger partial charge in [-0.05, 0) is 42.5 Å². The van der Waals surface area contributed by atoms with Gasteiger partial charge in [0.1, 0.15) is 18.2 Å². The van der Waals surface area contributed by atoms with Gasteiger partial charge in [-0.2, -0.15) is 0 Å². The average Bonchev–Trinajstić information content (AvgIpc) is 2.45. The molecule has 0 saturated heterocycles. The summed E-state index contributed by atoms with van der Waals surface area (Å²) in [5, 5.41) is 3.22. The molecule has 0 atom stereocenters. The first-order valence-electron chi connectivity index (χ1n) is 6.18. The molecule has 0 aliphatic carbocycles. The van der Waals surface area contributed by atoms with Crippen molar-refractivity contribution in [3.05, 3.63) is 63.3 Å². The summed E-state index contributed by atoms with van der Waals surface area (Å²) in [5.41, 5.74) is 0.00435. The molecular formula is C15H12BrClFNO2. The Morgan fingerprint density at radius 2 is 1.95 bits per heavy atom. The van der Waals surface area contributed by atoms with Crippen molar-refractivity contribution >= 4 is 33.4 Å². The minimum absolute atomic E-state index is 0.00435. The van der Waals surface area contributed by atoms with Gasteiger partial charge < -0.3 is 10.1 Å². The number of nitrogens with one attached hydrogen (secondary N) is 1. The standard InChI is InChI=1S/C15H12BrClFNO2/c16-10-1-6-13(14(18)9-10)15(20)19-7-8-21-12-4-2-11(17)3-5-12/h1-6,9H,7-8H2,(H,19,20). The molecule has 2 rings (SSSR count). The predicted octanol–water partition coefficient (Wildman–Crippen LogP) is 4.05. The fourth-order valence-corrected chi connectivity index (χ4v) is 2.09. The van der Waals surface area contributed by atoms with Crippen molar-refractivity contribution in [2.75, 3.05) is 13.2 Å². The molecule has 0 bridgehead atoms. The van der Waals surface area contributed by atoms with Gasteiger partial charge in [-0.25, -0.2) is 4.39 Å². The number of hydrogen-bond donors (Lipinski definition) is 1. The SMILES string of the molecule is O=C(NCCOc1ccc(Cl)cc1)c1ccc(Br)cc1F. The number of carbonyl (C=O) groups excluding carboxylic acids is 1. The summed E-state index contributed by atoms with van der Waals surface area (Å²) in [7, 11) is 0. The van der Waals surface area contributed by atoms with E-state index in [0.717, 1.165) is 0 Å². The lowest BCUT2D eigenvalue weighted by Gasteiger charge is -2.08. The number of hydrogen-bond acceptors (Lipinski definition) is 2. The van der Waals surface area contributed by atoms with E-state index in [9.17, 15) is 9.18 Å². The third-order valence-electron chi connectivity index (χ3n) is 2.65. The Bertz CT molecular complexity index is 634. The smallest absolute Gasteiger partial charge is 0.254 e. The molecule has 2 aromatic rings. The second-order valence-electron chi connectivity index (χ2n) is 4.18. The lowest BCUT2D eigenvalue weighted by molar-refractivity contribution is 0.0943. The van der Waals surface area contributed by atoms with Crippen LogP contribution in [-0.4, -0.2) is 19.1 Å². The van der Waals surface area contributed by atoms with Gasteiger partial charge in [-0.3, -0.25) is 4.79 Å². The van der Waals surface area contributed by atoms with E-state index in [4.69, 9.17) is 16.3 Å². The monoisotopic (exact) mass is 371 g/mol. The van der Waals surface area contributed by atoms with Crippen LogP contribution in [0.4, 0.5) is 4.39 Å². The summed E-state index contributed by atoms with van der Waals surface area (Å²) in [6, 6.07) is 11.2. The fraction of sp³-hybridized carbons (Fsp3) is 0.133. The van der Waals surface area contributed by atoms with Crippen molar-refractivity contribution in [1.82, 2.24) is 5.32 Å². The maximum Gasteiger partial charge on any atom is 0.254 e. The van der Waals surface area contributed by atoms with E-state index in [1.807, 2.05) is 0 Å². The molecule has 3 nitrogen and oxygen atoms in total. The van der Waals surface area contributed by atoms with Gasteiger partial charge in [-0.1, -0.05) is 27.5 Å². The van der Waals surface area contributed by atoms with E-state index in [-0.39, 0.29) is 18.7 Å². The Hall–Kier alpha value is -1.59. The van der Waals surface area contributed by atoms with Gasteiger partial charge in [0.15, 0.2) is 0 Å². The zero-order valence-electron chi connectivity index (χ0n) is 10.9. The van der Waals surface area contributed by atoms with E-state index < -0.39 is 11.7 Å². The molecule has 0 spiro atoms. The zero-order chi connectivity index (χ0) is 15.2. The van der Waals surface area contributed by atoms with Crippen molar-refractivity contribution in [2.45, 2.75) is 0 Å². The summed E-state index contributed by atoms with van der Waals surface area (Å²) in [6.45, 7) is 0.558. The molecular weight excluding hydrogens is 361 g/mol. The van der Waals surface area contributed by atoms with Gasteiger partial charge in [0.25, 0.3) is 5.91 Å². The molecule has 1 amide bonds. The first-order chi connectivity index (χ1) is 10.1. The topological polar surface area (TPSA) is 38.3 Å². The fourth-order valence-electron chi connectivity index (χ4n) is 1.63. The van der Waals surface area contributed by atoms with Crippen LogP contribution < -0.4 is 10.1 Å². The first-order valence-corrected chi connectivity index (χ1v) is 7.35. The van der Waals surface area contributed by atoms with E-state index in [0.29, 0.717) is 15.2 Å². The quantitative estimate of drug-likeness (QED) is 0.804. The minimum atomic E-state index is -0.569. The summed E-state index contributed by atoms with van der Waals surface area (Å²) in [4.78, 5) is 11.8. The van der Waals surface area contributed by atoms with Crippen LogP contribution in [0.2, 0.25) is 5.02 Å². The number of benzene rings is 2. The average molecular weight is 373 g/mol.